The summed E-state index contributed by atoms with van der Waals surface area (Å²) in [5, 5.41) is 29.4. The molecule has 7 heteroatoms. The number of benzene rings is 2. The lowest BCUT2D eigenvalue weighted by Crippen LogP contribution is -2.10. The number of hydrogen-bond acceptors (Lipinski definition) is 7. The molecule has 0 amide bonds. The van der Waals surface area contributed by atoms with E-state index < -0.39 is 5.43 Å². The summed E-state index contributed by atoms with van der Waals surface area (Å²) in [6.45, 7) is 2.08. The molecule has 0 atom stereocenters. The predicted octanol–water partition coefficient (Wildman–Crippen LogP) is 3.85. The Morgan fingerprint density at radius 3 is 2.45 bits per heavy atom. The van der Waals surface area contributed by atoms with Gasteiger partial charge in [-0.2, -0.15) is 0 Å². The Morgan fingerprint density at radius 1 is 1.03 bits per heavy atom. The summed E-state index contributed by atoms with van der Waals surface area (Å²) >= 11 is 0. The van der Waals surface area contributed by atoms with Crippen molar-refractivity contribution < 1.29 is 29.3 Å². The Hall–Kier alpha value is -3.48. The molecule has 3 aromatic rings. The van der Waals surface area contributed by atoms with Crippen molar-refractivity contribution in [3.63, 3.8) is 0 Å². The lowest BCUT2D eigenvalue weighted by Gasteiger charge is -2.11. The molecule has 0 spiro atoms. The zero-order chi connectivity index (χ0) is 21.0. The van der Waals surface area contributed by atoms with E-state index in [1.165, 1.54) is 18.2 Å². The summed E-state index contributed by atoms with van der Waals surface area (Å²) in [6.07, 6.45) is 1.77. The first-order valence-electron chi connectivity index (χ1n) is 9.37. The quantitative estimate of drug-likeness (QED) is 0.409. The Kier molecular flexibility index (Phi) is 6.07. The van der Waals surface area contributed by atoms with E-state index in [0.717, 1.165) is 6.07 Å². The van der Waals surface area contributed by atoms with Gasteiger partial charge in [-0.1, -0.05) is 12.1 Å². The molecular formula is C22H22O7. The third kappa shape index (κ3) is 4.51. The molecule has 0 fully saturated rings. The summed E-state index contributed by atoms with van der Waals surface area (Å²) < 4.78 is 10.8. The van der Waals surface area contributed by atoms with Crippen molar-refractivity contribution >= 4 is 16.9 Å². The fraction of sp³-hybridized carbons (Fsp3) is 0.273. The summed E-state index contributed by atoms with van der Waals surface area (Å²) in [6, 6.07) is 8.46. The van der Waals surface area contributed by atoms with Crippen LogP contribution >= 0.6 is 0 Å². The monoisotopic (exact) mass is 398 g/mol. The number of aryl methyl sites for hydroxylation is 1. The van der Waals surface area contributed by atoms with Crippen LogP contribution in [0.1, 0.15) is 31.9 Å². The summed E-state index contributed by atoms with van der Waals surface area (Å²) in [7, 11) is 0. The Balaban J connectivity index is 2.01. The van der Waals surface area contributed by atoms with E-state index in [9.17, 15) is 24.9 Å². The standard InChI is InChI=1S/C22H22O7/c1-2-28-19(26)6-4-3-5-17-20(13-7-9-14(23)10-8-13)22(27)21-16(25)11-15(24)12-18(21)29-17/h7-12,23-25H,2-6H2,1H3. The van der Waals surface area contributed by atoms with Crippen LogP contribution in [-0.2, 0) is 16.0 Å². The molecule has 1 heterocycles. The number of hydrogen-bond donors (Lipinski definition) is 3. The molecule has 152 valence electrons. The maximum absolute atomic E-state index is 13.2. The number of phenols is 3. The molecule has 0 aliphatic heterocycles. The average molecular weight is 398 g/mol. The zero-order valence-corrected chi connectivity index (χ0v) is 16.0. The van der Waals surface area contributed by atoms with E-state index >= 15 is 0 Å². The summed E-state index contributed by atoms with van der Waals surface area (Å²) in [5.74, 6) is -0.433. The molecule has 0 aliphatic rings. The molecule has 3 N–H and O–H groups in total. The second kappa shape index (κ2) is 8.68. The van der Waals surface area contributed by atoms with Crippen LogP contribution in [0.2, 0.25) is 0 Å². The molecule has 0 bridgehead atoms. The van der Waals surface area contributed by atoms with Crippen LogP contribution in [0, 0.1) is 0 Å². The minimum atomic E-state index is -0.435. The molecule has 0 unspecified atom stereocenters. The largest absolute Gasteiger partial charge is 0.508 e. The van der Waals surface area contributed by atoms with Gasteiger partial charge in [-0.15, -0.1) is 0 Å². The second-order valence-corrected chi connectivity index (χ2v) is 6.63. The fourth-order valence-corrected chi connectivity index (χ4v) is 3.21. The van der Waals surface area contributed by atoms with E-state index in [1.54, 1.807) is 19.1 Å². The van der Waals surface area contributed by atoms with Gasteiger partial charge in [0.15, 0.2) is 0 Å². The number of rotatable bonds is 7. The van der Waals surface area contributed by atoms with Crippen molar-refractivity contribution in [3.05, 3.63) is 52.4 Å². The van der Waals surface area contributed by atoms with Crippen LogP contribution in [0.3, 0.4) is 0 Å². The van der Waals surface area contributed by atoms with E-state index in [1.807, 2.05) is 0 Å². The zero-order valence-electron chi connectivity index (χ0n) is 16.0. The van der Waals surface area contributed by atoms with E-state index in [0.29, 0.717) is 37.2 Å². The van der Waals surface area contributed by atoms with Crippen molar-refractivity contribution in [1.82, 2.24) is 0 Å². The molecular weight excluding hydrogens is 376 g/mol. The normalized spacial score (nSPS) is 10.9. The molecule has 0 radical (unpaired) electrons. The highest BCUT2D eigenvalue weighted by atomic mass is 16.5. The van der Waals surface area contributed by atoms with Crippen LogP contribution in [0.15, 0.2) is 45.6 Å². The third-order valence-electron chi connectivity index (χ3n) is 4.53. The first kappa shape index (κ1) is 20.3. The number of aromatic hydroxyl groups is 3. The van der Waals surface area contributed by atoms with Gasteiger partial charge >= 0.3 is 5.97 Å². The van der Waals surface area contributed by atoms with Gasteiger partial charge in [-0.05, 0) is 37.5 Å². The number of fused-ring (bicyclic) bond motifs is 1. The van der Waals surface area contributed by atoms with Gasteiger partial charge < -0.3 is 24.5 Å². The molecule has 7 nitrogen and oxygen atoms in total. The highest BCUT2D eigenvalue weighted by molar-refractivity contribution is 5.88. The predicted molar refractivity (Wildman–Crippen MR) is 107 cm³/mol. The van der Waals surface area contributed by atoms with Gasteiger partial charge in [0.1, 0.15) is 34.0 Å². The van der Waals surface area contributed by atoms with Crippen molar-refractivity contribution in [1.29, 1.82) is 0 Å². The fourth-order valence-electron chi connectivity index (χ4n) is 3.21. The van der Waals surface area contributed by atoms with Gasteiger partial charge in [0.25, 0.3) is 0 Å². The first-order valence-corrected chi connectivity index (χ1v) is 9.37. The number of esters is 1. The number of carbonyl (C=O) groups excluding carboxylic acids is 1. The van der Waals surface area contributed by atoms with E-state index in [2.05, 4.69) is 0 Å². The number of carbonyl (C=O) groups is 1. The van der Waals surface area contributed by atoms with Crippen LogP contribution in [0.25, 0.3) is 22.1 Å². The molecule has 3 rings (SSSR count). The third-order valence-corrected chi connectivity index (χ3v) is 4.53. The van der Waals surface area contributed by atoms with Crippen LogP contribution in [-0.4, -0.2) is 27.9 Å². The molecule has 1 aromatic heterocycles. The summed E-state index contributed by atoms with van der Waals surface area (Å²) in [4.78, 5) is 24.7. The minimum Gasteiger partial charge on any atom is -0.508 e. The molecule has 0 aliphatic carbocycles. The molecule has 0 saturated heterocycles. The maximum Gasteiger partial charge on any atom is 0.305 e. The first-order chi connectivity index (χ1) is 13.9. The highest BCUT2D eigenvalue weighted by Gasteiger charge is 2.19. The summed E-state index contributed by atoms with van der Waals surface area (Å²) in [5.41, 5.74) is 0.450. The molecule has 0 saturated carbocycles. The smallest absolute Gasteiger partial charge is 0.305 e. The van der Waals surface area contributed by atoms with Crippen molar-refractivity contribution in [2.45, 2.75) is 32.6 Å². The van der Waals surface area contributed by atoms with Gasteiger partial charge in [0, 0.05) is 25.0 Å². The van der Waals surface area contributed by atoms with E-state index in [4.69, 9.17) is 9.15 Å². The number of phenolic OH excluding ortho intramolecular Hbond substituents is 3. The molecule has 2 aromatic carbocycles. The SMILES string of the molecule is CCOC(=O)CCCCc1oc2cc(O)cc(O)c2c(=O)c1-c1ccc(O)cc1. The maximum atomic E-state index is 13.2. The topological polar surface area (TPSA) is 117 Å². The second-order valence-electron chi connectivity index (χ2n) is 6.63. The Bertz CT molecular complexity index is 1080. The lowest BCUT2D eigenvalue weighted by atomic mass is 9.98. The van der Waals surface area contributed by atoms with Gasteiger partial charge in [0.2, 0.25) is 5.43 Å². The van der Waals surface area contributed by atoms with Crippen LogP contribution < -0.4 is 5.43 Å². The van der Waals surface area contributed by atoms with Crippen LogP contribution in [0.5, 0.6) is 17.2 Å². The Morgan fingerprint density at radius 2 is 1.76 bits per heavy atom. The lowest BCUT2D eigenvalue weighted by molar-refractivity contribution is -0.143. The van der Waals surface area contributed by atoms with E-state index in [-0.39, 0.29) is 46.2 Å². The molecule has 29 heavy (non-hydrogen) atoms. The number of ether oxygens (including phenoxy) is 1. The van der Waals surface area contributed by atoms with Crippen molar-refractivity contribution in [3.8, 4) is 28.4 Å². The van der Waals surface area contributed by atoms with Crippen molar-refractivity contribution in [2.24, 2.45) is 0 Å². The van der Waals surface area contributed by atoms with Crippen LogP contribution in [0.4, 0.5) is 0 Å². The minimum absolute atomic E-state index is 0.0267. The van der Waals surface area contributed by atoms with Gasteiger partial charge in [0.05, 0.1) is 12.2 Å². The van der Waals surface area contributed by atoms with Crippen molar-refractivity contribution in [2.75, 3.05) is 6.61 Å². The van der Waals surface area contributed by atoms with Gasteiger partial charge in [-0.3, -0.25) is 9.59 Å². The number of unbranched alkanes of at least 4 members (excludes halogenated alkanes) is 1. The van der Waals surface area contributed by atoms with Gasteiger partial charge in [-0.25, -0.2) is 0 Å². The Labute approximate surface area is 166 Å². The average Bonchev–Trinajstić information content (AvgIpc) is 2.66. The highest BCUT2D eigenvalue weighted by Crippen LogP contribution is 2.33.